The lowest BCUT2D eigenvalue weighted by Crippen LogP contribution is -2.44. The highest BCUT2D eigenvalue weighted by molar-refractivity contribution is 6.08. The second-order valence-corrected chi connectivity index (χ2v) is 9.86. The molecule has 0 aliphatic carbocycles. The van der Waals surface area contributed by atoms with Crippen LogP contribution in [0.4, 0.5) is 22.7 Å². The number of likely N-dealkylation sites (N-methyl/N-ethyl adjacent to an activating group) is 1. The fourth-order valence-corrected chi connectivity index (χ4v) is 4.16. The van der Waals surface area contributed by atoms with E-state index < -0.39 is 17.1 Å². The first-order valence-electron chi connectivity index (χ1n) is 12.2. The third-order valence-corrected chi connectivity index (χ3v) is 6.37. The second kappa shape index (κ2) is 10.9. The van der Waals surface area contributed by atoms with Gasteiger partial charge in [0, 0.05) is 49.9 Å². The number of nitrogens with one attached hydrogen (secondary N) is 3. The fourth-order valence-electron chi connectivity index (χ4n) is 4.16. The molecule has 0 spiro atoms. The number of aromatic nitrogens is 2. The molecule has 190 valence electrons. The highest BCUT2D eigenvalue weighted by Gasteiger charge is 2.19. The van der Waals surface area contributed by atoms with Crippen LogP contribution in [-0.2, 0) is 6.42 Å². The lowest BCUT2D eigenvalue weighted by molar-refractivity contribution is 0.0714. The Hall–Kier alpha value is -3.69. The van der Waals surface area contributed by atoms with Crippen molar-refractivity contribution in [2.75, 3.05) is 48.8 Å². The number of H-pyrrole nitrogens is 1. The van der Waals surface area contributed by atoms with Gasteiger partial charge in [-0.1, -0.05) is 0 Å². The number of carbonyl (C=O) groups excluding carboxylic acids is 1. The van der Waals surface area contributed by atoms with Crippen LogP contribution in [0.5, 0.6) is 0 Å². The van der Waals surface area contributed by atoms with Gasteiger partial charge in [0.15, 0.2) is 0 Å². The maximum Gasteiger partial charge on any atom is 0.263 e. The second-order valence-electron chi connectivity index (χ2n) is 9.86. The Kier molecular flexibility index (Phi) is 7.71. The molecular formula is C27H34N6O3. The lowest BCUT2D eigenvalue weighted by atomic mass is 9.98. The number of aryl methyl sites for hydroxylation is 1. The number of aliphatic hydroxyl groups is 1. The van der Waals surface area contributed by atoms with Gasteiger partial charge in [-0.05, 0) is 75.7 Å². The summed E-state index contributed by atoms with van der Waals surface area (Å²) in [6.07, 6.45) is 6.00. The van der Waals surface area contributed by atoms with Crippen LogP contribution in [0.25, 0.3) is 0 Å². The van der Waals surface area contributed by atoms with Crippen LogP contribution in [0.2, 0.25) is 0 Å². The van der Waals surface area contributed by atoms with E-state index in [1.165, 1.54) is 6.20 Å². The number of anilines is 4. The minimum Gasteiger partial charge on any atom is -0.390 e. The smallest absolute Gasteiger partial charge is 0.263 e. The summed E-state index contributed by atoms with van der Waals surface area (Å²) in [7, 11) is 2.12. The van der Waals surface area contributed by atoms with E-state index in [2.05, 4.69) is 37.4 Å². The average Bonchev–Trinajstić information content (AvgIpc) is 2.84. The van der Waals surface area contributed by atoms with E-state index >= 15 is 0 Å². The number of rotatable bonds is 8. The van der Waals surface area contributed by atoms with Gasteiger partial charge in [-0.3, -0.25) is 14.6 Å². The van der Waals surface area contributed by atoms with Crippen molar-refractivity contribution in [3.8, 4) is 0 Å². The maximum absolute atomic E-state index is 13.2. The third-order valence-electron chi connectivity index (χ3n) is 6.37. The average molecular weight is 491 g/mol. The molecule has 1 saturated heterocycles. The molecule has 0 bridgehead atoms. The summed E-state index contributed by atoms with van der Waals surface area (Å²) in [6.45, 7) is 7.48. The quantitative estimate of drug-likeness (QED) is 0.383. The molecule has 4 rings (SSSR count). The van der Waals surface area contributed by atoms with Gasteiger partial charge in [-0.15, -0.1) is 0 Å². The van der Waals surface area contributed by atoms with Gasteiger partial charge in [0.1, 0.15) is 5.56 Å². The van der Waals surface area contributed by atoms with Gasteiger partial charge in [0.2, 0.25) is 0 Å². The van der Waals surface area contributed by atoms with Crippen molar-refractivity contribution in [2.24, 2.45) is 0 Å². The van der Waals surface area contributed by atoms with Crippen molar-refractivity contribution in [1.29, 1.82) is 0 Å². The van der Waals surface area contributed by atoms with E-state index in [9.17, 15) is 14.7 Å². The first kappa shape index (κ1) is 25.4. The number of piperazine rings is 1. The Bertz CT molecular complexity index is 1240. The third kappa shape index (κ3) is 6.50. The number of hydrogen-bond donors (Lipinski definition) is 4. The van der Waals surface area contributed by atoms with E-state index in [-0.39, 0.29) is 5.56 Å². The normalized spacial score (nSPS) is 14.5. The van der Waals surface area contributed by atoms with Gasteiger partial charge in [-0.25, -0.2) is 0 Å². The molecule has 1 aliphatic heterocycles. The van der Waals surface area contributed by atoms with Gasteiger partial charge in [0.05, 0.1) is 23.2 Å². The molecule has 1 aliphatic rings. The molecule has 9 heteroatoms. The van der Waals surface area contributed by atoms with Crippen molar-refractivity contribution < 1.29 is 9.90 Å². The molecule has 1 aromatic carbocycles. The zero-order valence-corrected chi connectivity index (χ0v) is 21.0. The van der Waals surface area contributed by atoms with Crippen LogP contribution in [0.15, 0.2) is 59.8 Å². The van der Waals surface area contributed by atoms with Crippen molar-refractivity contribution >= 4 is 28.7 Å². The molecule has 4 N–H and O–H groups in total. The standard InChI is InChI=1S/C27H34N6O3/c1-27(2,36)11-8-19-9-12-28-18-23(19)31-22-10-13-29-25(34)24(22)26(35)30-20-4-6-21(7-5-20)33-16-14-32(3)15-17-33/h4-7,9-10,12-13,18,36H,8,11,14-17H2,1-3H3,(H,30,35)(H2,29,31,34). The zero-order valence-electron chi connectivity index (χ0n) is 21.0. The molecule has 1 fully saturated rings. The van der Waals surface area contributed by atoms with Crippen molar-refractivity contribution in [1.82, 2.24) is 14.9 Å². The number of carbonyl (C=O) groups is 1. The molecule has 0 unspecified atom stereocenters. The molecule has 36 heavy (non-hydrogen) atoms. The molecule has 3 heterocycles. The van der Waals surface area contributed by atoms with Crippen LogP contribution < -0.4 is 21.1 Å². The molecule has 9 nitrogen and oxygen atoms in total. The Morgan fingerprint density at radius 1 is 1.08 bits per heavy atom. The van der Waals surface area contributed by atoms with Crippen LogP contribution in [0, 0.1) is 0 Å². The summed E-state index contributed by atoms with van der Waals surface area (Å²) in [5, 5.41) is 16.2. The minimum absolute atomic E-state index is 0.0158. The maximum atomic E-state index is 13.2. The molecule has 0 atom stereocenters. The summed E-state index contributed by atoms with van der Waals surface area (Å²) in [5.74, 6) is -0.506. The van der Waals surface area contributed by atoms with E-state index in [0.29, 0.717) is 29.9 Å². The minimum atomic E-state index is -0.810. The Balaban J connectivity index is 1.50. The Labute approximate surface area is 211 Å². The Morgan fingerprint density at radius 2 is 1.81 bits per heavy atom. The number of benzene rings is 1. The number of amides is 1. The molecular weight excluding hydrogens is 456 g/mol. The molecule has 0 saturated carbocycles. The summed E-state index contributed by atoms with van der Waals surface area (Å²) in [5.41, 5.74) is 2.39. The van der Waals surface area contributed by atoms with Crippen molar-refractivity contribution in [2.45, 2.75) is 32.3 Å². The van der Waals surface area contributed by atoms with Crippen molar-refractivity contribution in [3.05, 3.63) is 76.5 Å². The summed E-state index contributed by atoms with van der Waals surface area (Å²) < 4.78 is 0. The predicted molar refractivity (Wildman–Crippen MR) is 143 cm³/mol. The highest BCUT2D eigenvalue weighted by atomic mass is 16.3. The van der Waals surface area contributed by atoms with Crippen LogP contribution in [0.3, 0.4) is 0 Å². The molecule has 2 aromatic heterocycles. The predicted octanol–water partition coefficient (Wildman–Crippen LogP) is 3.22. The van der Waals surface area contributed by atoms with Gasteiger partial charge in [-0.2, -0.15) is 0 Å². The Morgan fingerprint density at radius 3 is 2.50 bits per heavy atom. The van der Waals surface area contributed by atoms with E-state index in [1.807, 2.05) is 30.3 Å². The monoisotopic (exact) mass is 490 g/mol. The first-order valence-corrected chi connectivity index (χ1v) is 12.2. The van der Waals surface area contributed by atoms with Gasteiger partial charge >= 0.3 is 0 Å². The number of pyridine rings is 2. The van der Waals surface area contributed by atoms with E-state index in [1.54, 1.807) is 32.3 Å². The summed E-state index contributed by atoms with van der Waals surface area (Å²) in [4.78, 5) is 37.2. The van der Waals surface area contributed by atoms with Crippen LogP contribution in [-0.4, -0.2) is 64.7 Å². The topological polar surface area (TPSA) is 114 Å². The zero-order chi connectivity index (χ0) is 25.7. The first-order chi connectivity index (χ1) is 17.2. The molecule has 1 amide bonds. The number of nitrogens with zero attached hydrogens (tertiary/aromatic N) is 3. The fraction of sp³-hybridized carbons (Fsp3) is 0.370. The summed E-state index contributed by atoms with van der Waals surface area (Å²) in [6, 6.07) is 11.2. The molecule has 3 aromatic rings. The highest BCUT2D eigenvalue weighted by Crippen LogP contribution is 2.25. The van der Waals surface area contributed by atoms with Crippen LogP contribution in [0.1, 0.15) is 36.2 Å². The lowest BCUT2D eigenvalue weighted by Gasteiger charge is -2.34. The molecule has 0 radical (unpaired) electrons. The largest absolute Gasteiger partial charge is 0.390 e. The van der Waals surface area contributed by atoms with Crippen molar-refractivity contribution in [3.63, 3.8) is 0 Å². The van der Waals surface area contributed by atoms with E-state index in [4.69, 9.17) is 0 Å². The van der Waals surface area contributed by atoms with Crippen LogP contribution >= 0.6 is 0 Å². The number of aromatic amines is 1. The van der Waals surface area contributed by atoms with E-state index in [0.717, 1.165) is 37.4 Å². The van der Waals surface area contributed by atoms with Gasteiger partial charge in [0.25, 0.3) is 11.5 Å². The SMILES string of the molecule is CN1CCN(c2ccc(NC(=O)c3c(Nc4cnccc4CCC(C)(C)O)cc[nH]c3=O)cc2)CC1. The number of hydrogen-bond acceptors (Lipinski definition) is 7. The van der Waals surface area contributed by atoms with Gasteiger partial charge < -0.3 is 30.5 Å². The summed E-state index contributed by atoms with van der Waals surface area (Å²) >= 11 is 0.